The Balaban J connectivity index is 1.36. The third-order valence-electron chi connectivity index (χ3n) is 8.35. The summed E-state index contributed by atoms with van der Waals surface area (Å²) in [4.78, 5) is 26.0. The van der Waals surface area contributed by atoms with E-state index in [1.54, 1.807) is 7.11 Å². The van der Waals surface area contributed by atoms with Gasteiger partial charge in [0.1, 0.15) is 5.75 Å². The Morgan fingerprint density at radius 2 is 1.91 bits per heavy atom. The molecule has 7 atom stereocenters. The molecule has 1 N–H and O–H groups in total. The van der Waals surface area contributed by atoms with Crippen molar-refractivity contribution >= 4 is 5.91 Å². The van der Waals surface area contributed by atoms with Gasteiger partial charge in [0.15, 0.2) is 12.1 Å². The highest BCUT2D eigenvalue weighted by Gasteiger charge is 2.47. The van der Waals surface area contributed by atoms with Gasteiger partial charge in [-0.3, -0.25) is 4.79 Å². The van der Waals surface area contributed by atoms with Crippen LogP contribution < -0.4 is 4.74 Å². The second-order valence-corrected chi connectivity index (χ2v) is 10.7. The molecule has 7 nitrogen and oxygen atoms in total. The fraction of sp³-hybridized carbons (Fsp3) is 0.741. The van der Waals surface area contributed by atoms with Crippen molar-refractivity contribution in [2.75, 3.05) is 20.2 Å². The number of fused-ring (bicyclic) bond motifs is 1. The van der Waals surface area contributed by atoms with E-state index in [0.29, 0.717) is 24.0 Å². The largest absolute Gasteiger partial charge is 0.465 e. The average Bonchev–Trinajstić information content (AvgIpc) is 3.32. The lowest BCUT2D eigenvalue weighted by molar-refractivity contribution is -0.441. The SMILES string of the molecule is COC1(C)CC[C@H]2[C@@H](OO1)[C@H]([C@@H](C)[C@H](O)Oc1ccc(CC(=O)N3CCCC3)cc1)CC[C@H]2C. The summed E-state index contributed by atoms with van der Waals surface area (Å²) in [5, 5.41) is 11.0. The molecule has 1 aromatic carbocycles. The maximum Gasteiger partial charge on any atom is 0.226 e. The van der Waals surface area contributed by atoms with Crippen LogP contribution in [0.4, 0.5) is 0 Å². The fourth-order valence-corrected chi connectivity index (χ4v) is 5.79. The van der Waals surface area contributed by atoms with Crippen molar-refractivity contribution in [3.8, 4) is 5.75 Å². The summed E-state index contributed by atoms with van der Waals surface area (Å²) in [6, 6.07) is 7.49. The minimum Gasteiger partial charge on any atom is -0.465 e. The lowest BCUT2D eigenvalue weighted by Gasteiger charge is -2.42. The number of aliphatic hydroxyl groups is 1. The van der Waals surface area contributed by atoms with E-state index in [2.05, 4.69) is 6.92 Å². The number of likely N-dealkylation sites (tertiary alicyclic amines) is 1. The van der Waals surface area contributed by atoms with Gasteiger partial charge in [-0.05, 0) is 74.5 Å². The Kier molecular flexibility index (Phi) is 8.18. The maximum atomic E-state index is 12.4. The average molecular weight is 476 g/mol. The molecule has 3 fully saturated rings. The summed E-state index contributed by atoms with van der Waals surface area (Å²) < 4.78 is 11.5. The number of aliphatic hydroxyl groups excluding tert-OH is 1. The molecule has 3 aliphatic rings. The number of ether oxygens (including phenoxy) is 2. The van der Waals surface area contributed by atoms with Crippen LogP contribution in [0.3, 0.4) is 0 Å². The molecule has 0 bridgehead atoms. The zero-order chi connectivity index (χ0) is 24.3. The van der Waals surface area contributed by atoms with E-state index < -0.39 is 12.1 Å². The quantitative estimate of drug-likeness (QED) is 0.468. The van der Waals surface area contributed by atoms with E-state index >= 15 is 0 Å². The van der Waals surface area contributed by atoms with Crippen LogP contribution in [0.1, 0.15) is 64.9 Å². The van der Waals surface area contributed by atoms with Crippen molar-refractivity contribution in [1.29, 1.82) is 0 Å². The van der Waals surface area contributed by atoms with Crippen LogP contribution in [0.25, 0.3) is 0 Å². The molecule has 1 amide bonds. The van der Waals surface area contributed by atoms with Crippen LogP contribution >= 0.6 is 0 Å². The smallest absolute Gasteiger partial charge is 0.226 e. The number of hydrogen-bond acceptors (Lipinski definition) is 6. The lowest BCUT2D eigenvalue weighted by atomic mass is 9.67. The molecule has 1 saturated carbocycles. The van der Waals surface area contributed by atoms with Crippen LogP contribution in [0, 0.1) is 23.7 Å². The van der Waals surface area contributed by atoms with E-state index in [9.17, 15) is 9.90 Å². The van der Waals surface area contributed by atoms with Crippen molar-refractivity contribution in [3.05, 3.63) is 29.8 Å². The first kappa shape index (κ1) is 25.4. The third kappa shape index (κ3) is 5.76. The number of carbonyl (C=O) groups is 1. The summed E-state index contributed by atoms with van der Waals surface area (Å²) in [6.07, 6.45) is 5.32. The Morgan fingerprint density at radius 3 is 2.59 bits per heavy atom. The molecule has 7 heteroatoms. The molecule has 1 aliphatic carbocycles. The van der Waals surface area contributed by atoms with Crippen molar-refractivity contribution in [2.24, 2.45) is 23.7 Å². The van der Waals surface area contributed by atoms with Gasteiger partial charge in [-0.1, -0.05) is 26.0 Å². The van der Waals surface area contributed by atoms with E-state index in [1.165, 1.54) is 0 Å². The van der Waals surface area contributed by atoms with Gasteiger partial charge in [0, 0.05) is 32.5 Å². The van der Waals surface area contributed by atoms with Gasteiger partial charge in [0.05, 0.1) is 12.5 Å². The molecule has 1 aromatic rings. The summed E-state index contributed by atoms with van der Waals surface area (Å²) in [6.45, 7) is 7.94. The van der Waals surface area contributed by atoms with E-state index in [4.69, 9.17) is 19.2 Å². The summed E-state index contributed by atoms with van der Waals surface area (Å²) in [5.41, 5.74) is 0.959. The van der Waals surface area contributed by atoms with Crippen LogP contribution in [0.15, 0.2) is 24.3 Å². The maximum absolute atomic E-state index is 12.4. The van der Waals surface area contributed by atoms with Crippen molar-refractivity contribution < 1.29 is 29.1 Å². The lowest BCUT2D eigenvalue weighted by Crippen LogP contribution is -2.45. The van der Waals surface area contributed by atoms with Gasteiger partial charge < -0.3 is 19.5 Å². The molecule has 1 unspecified atom stereocenters. The zero-order valence-electron chi connectivity index (χ0n) is 21.1. The molecule has 0 spiro atoms. The zero-order valence-corrected chi connectivity index (χ0v) is 21.1. The number of methoxy groups -OCH3 is 1. The fourth-order valence-electron chi connectivity index (χ4n) is 5.79. The first-order valence-electron chi connectivity index (χ1n) is 12.9. The summed E-state index contributed by atoms with van der Waals surface area (Å²) >= 11 is 0. The topological polar surface area (TPSA) is 77.5 Å². The van der Waals surface area contributed by atoms with E-state index in [0.717, 1.165) is 57.2 Å². The molecule has 2 saturated heterocycles. The summed E-state index contributed by atoms with van der Waals surface area (Å²) in [5.74, 6) is 0.916. The minimum atomic E-state index is -0.961. The number of carbonyl (C=O) groups excluding carboxylic acids is 1. The van der Waals surface area contributed by atoms with Crippen molar-refractivity contribution in [1.82, 2.24) is 4.90 Å². The highest BCUT2D eigenvalue weighted by Crippen LogP contribution is 2.46. The molecule has 2 aliphatic heterocycles. The van der Waals surface area contributed by atoms with Gasteiger partial charge in [-0.15, -0.1) is 0 Å². The predicted octanol–water partition coefficient (Wildman–Crippen LogP) is 4.32. The molecule has 0 radical (unpaired) electrons. The van der Waals surface area contributed by atoms with Gasteiger partial charge in [-0.2, -0.15) is 0 Å². The van der Waals surface area contributed by atoms with Crippen molar-refractivity contribution in [3.63, 3.8) is 0 Å². The predicted molar refractivity (Wildman–Crippen MR) is 128 cm³/mol. The van der Waals surface area contributed by atoms with E-state index in [-0.39, 0.29) is 23.8 Å². The second-order valence-electron chi connectivity index (χ2n) is 10.7. The Bertz CT molecular complexity index is 810. The number of nitrogens with zero attached hydrogens (tertiary/aromatic N) is 1. The molecule has 0 aromatic heterocycles. The van der Waals surface area contributed by atoms with Crippen molar-refractivity contribution in [2.45, 2.75) is 83.9 Å². The highest BCUT2D eigenvalue weighted by molar-refractivity contribution is 5.79. The van der Waals surface area contributed by atoms with Gasteiger partial charge >= 0.3 is 0 Å². The summed E-state index contributed by atoms with van der Waals surface area (Å²) in [7, 11) is 1.65. The molecular weight excluding hydrogens is 434 g/mol. The normalized spacial score (nSPS) is 33.6. The highest BCUT2D eigenvalue weighted by atomic mass is 17.2. The molecule has 190 valence electrons. The van der Waals surface area contributed by atoms with Crippen LogP contribution in [-0.2, 0) is 25.7 Å². The minimum absolute atomic E-state index is 0.104. The van der Waals surface area contributed by atoms with Gasteiger partial charge in [-0.25, -0.2) is 9.78 Å². The first-order chi connectivity index (χ1) is 16.3. The Hall–Kier alpha value is -1.67. The molecule has 34 heavy (non-hydrogen) atoms. The van der Waals surface area contributed by atoms with Crippen LogP contribution in [-0.4, -0.2) is 54.3 Å². The first-order valence-corrected chi connectivity index (χ1v) is 12.9. The van der Waals surface area contributed by atoms with Crippen LogP contribution in [0.5, 0.6) is 5.75 Å². The number of rotatable bonds is 7. The Labute approximate surface area is 203 Å². The number of amides is 1. The van der Waals surface area contributed by atoms with Gasteiger partial charge in [0.2, 0.25) is 5.91 Å². The molecular formula is C27H41NO6. The molecule has 2 heterocycles. The molecule has 4 rings (SSSR count). The van der Waals surface area contributed by atoms with Crippen LogP contribution in [0.2, 0.25) is 0 Å². The standard InChI is InChI=1S/C27H41NO6/c1-18-7-12-23(25-22(18)13-14-27(3,31-4)34-33-25)19(2)26(30)32-21-10-8-20(9-11-21)17-24(29)28-15-5-6-16-28/h8-11,18-19,22-23,25-26,30H,5-7,12-17H2,1-4H3/t18-,19-,22-,23+,25-,26-,27?/m1/s1. The second kappa shape index (κ2) is 10.9. The van der Waals surface area contributed by atoms with E-state index in [1.807, 2.05) is 43.0 Å². The number of hydrogen-bond donors (Lipinski definition) is 1. The third-order valence-corrected chi connectivity index (χ3v) is 8.35. The monoisotopic (exact) mass is 475 g/mol. The number of benzene rings is 1. The Morgan fingerprint density at radius 1 is 1.21 bits per heavy atom. The van der Waals surface area contributed by atoms with Gasteiger partial charge in [0.25, 0.3) is 0 Å².